The summed E-state index contributed by atoms with van der Waals surface area (Å²) < 4.78 is 0. The van der Waals surface area contributed by atoms with Crippen molar-refractivity contribution in [3.8, 4) is 6.07 Å². The Hall–Kier alpha value is -2.48. The summed E-state index contributed by atoms with van der Waals surface area (Å²) in [6, 6.07) is 2.01. The SMILES string of the molecule is [C-]#[N+]C(C)(CCC(=O)NC)N=NC(C)(C#N)CCC(=O)NC. The van der Waals surface area contributed by atoms with Crippen molar-refractivity contribution in [2.24, 2.45) is 10.2 Å². The number of nitriles is 1. The molecule has 8 heteroatoms. The molecule has 0 heterocycles. The maximum absolute atomic E-state index is 11.3. The quantitative estimate of drug-likeness (QED) is 0.522. The topological polar surface area (TPSA) is 111 Å². The fourth-order valence-electron chi connectivity index (χ4n) is 1.43. The van der Waals surface area contributed by atoms with Crippen LogP contribution in [0.4, 0.5) is 0 Å². The third kappa shape index (κ3) is 6.80. The molecule has 0 aliphatic heterocycles. The lowest BCUT2D eigenvalue weighted by atomic mass is 9.99. The monoisotopic (exact) mass is 306 g/mol. The van der Waals surface area contributed by atoms with Gasteiger partial charge < -0.3 is 10.6 Å². The number of hydrogen-bond acceptors (Lipinski definition) is 5. The number of azo groups is 1. The molecule has 0 saturated heterocycles. The van der Waals surface area contributed by atoms with E-state index in [0.29, 0.717) is 0 Å². The van der Waals surface area contributed by atoms with Gasteiger partial charge in [0.25, 0.3) is 0 Å². The summed E-state index contributed by atoms with van der Waals surface area (Å²) in [5.41, 5.74) is -2.37. The van der Waals surface area contributed by atoms with E-state index in [2.05, 4.69) is 25.7 Å². The van der Waals surface area contributed by atoms with E-state index in [1.54, 1.807) is 13.8 Å². The minimum atomic E-state index is -1.20. The molecular weight excluding hydrogens is 284 g/mol. The predicted octanol–water partition coefficient (Wildman–Crippen LogP) is 1.41. The van der Waals surface area contributed by atoms with E-state index in [-0.39, 0.29) is 37.5 Å². The van der Waals surface area contributed by atoms with Crippen LogP contribution in [0.25, 0.3) is 4.85 Å². The highest BCUT2D eigenvalue weighted by atomic mass is 16.2. The molecule has 22 heavy (non-hydrogen) atoms. The van der Waals surface area contributed by atoms with Crippen molar-refractivity contribution in [1.82, 2.24) is 10.6 Å². The Labute approximate surface area is 130 Å². The molecule has 2 amide bonds. The van der Waals surface area contributed by atoms with Crippen molar-refractivity contribution in [3.63, 3.8) is 0 Å². The first-order valence-electron chi connectivity index (χ1n) is 6.89. The molecule has 0 aliphatic carbocycles. The maximum Gasteiger partial charge on any atom is 0.338 e. The van der Waals surface area contributed by atoms with Gasteiger partial charge in [-0.2, -0.15) is 10.4 Å². The number of nitrogens with zero attached hydrogens (tertiary/aromatic N) is 4. The first-order valence-corrected chi connectivity index (χ1v) is 6.89. The lowest BCUT2D eigenvalue weighted by molar-refractivity contribution is -0.121. The predicted molar refractivity (Wildman–Crippen MR) is 80.5 cm³/mol. The second-order valence-corrected chi connectivity index (χ2v) is 5.26. The maximum atomic E-state index is 11.3. The molecule has 0 bridgehead atoms. The zero-order chi connectivity index (χ0) is 17.2. The van der Waals surface area contributed by atoms with Crippen LogP contribution in [-0.2, 0) is 9.59 Å². The van der Waals surface area contributed by atoms with Crippen molar-refractivity contribution < 1.29 is 9.59 Å². The highest BCUT2D eigenvalue weighted by Gasteiger charge is 2.33. The molecule has 0 aromatic carbocycles. The molecule has 0 radical (unpaired) electrons. The fraction of sp³-hybridized carbons (Fsp3) is 0.714. The van der Waals surface area contributed by atoms with Crippen LogP contribution in [0.3, 0.4) is 0 Å². The Bertz CT molecular complexity index is 472. The summed E-state index contributed by atoms with van der Waals surface area (Å²) >= 11 is 0. The number of amides is 2. The van der Waals surface area contributed by atoms with Gasteiger partial charge in [0.2, 0.25) is 11.8 Å². The second kappa shape index (κ2) is 8.73. The normalized spacial score (nSPS) is 15.9. The zero-order valence-corrected chi connectivity index (χ0v) is 13.4. The van der Waals surface area contributed by atoms with Crippen molar-refractivity contribution in [1.29, 1.82) is 5.26 Å². The molecule has 0 fully saturated rings. The number of carbonyl (C=O) groups excluding carboxylic acids is 2. The summed E-state index contributed by atoms with van der Waals surface area (Å²) in [6.07, 6.45) is 0.704. The van der Waals surface area contributed by atoms with Gasteiger partial charge in [0.15, 0.2) is 5.54 Å². The van der Waals surface area contributed by atoms with Crippen molar-refractivity contribution in [2.45, 2.75) is 50.7 Å². The lowest BCUT2D eigenvalue weighted by Crippen LogP contribution is -2.27. The third-order valence-corrected chi connectivity index (χ3v) is 3.19. The first-order chi connectivity index (χ1) is 10.2. The van der Waals surface area contributed by atoms with Gasteiger partial charge >= 0.3 is 5.66 Å². The van der Waals surface area contributed by atoms with Crippen LogP contribution in [0, 0.1) is 17.9 Å². The third-order valence-electron chi connectivity index (χ3n) is 3.19. The summed E-state index contributed by atoms with van der Waals surface area (Å²) in [5.74, 6) is -0.378. The van der Waals surface area contributed by atoms with Crippen LogP contribution in [0.15, 0.2) is 10.2 Å². The average molecular weight is 306 g/mol. The van der Waals surface area contributed by atoms with Gasteiger partial charge in [-0.25, -0.2) is 6.57 Å². The Morgan fingerprint density at radius 1 is 1.14 bits per heavy atom. The van der Waals surface area contributed by atoms with Crippen LogP contribution < -0.4 is 10.6 Å². The molecule has 0 saturated carbocycles. The van der Waals surface area contributed by atoms with E-state index < -0.39 is 11.2 Å². The van der Waals surface area contributed by atoms with Crippen LogP contribution in [-0.4, -0.2) is 37.1 Å². The first kappa shape index (κ1) is 19.5. The molecule has 2 unspecified atom stereocenters. The lowest BCUT2D eigenvalue weighted by Gasteiger charge is -2.16. The Balaban J connectivity index is 4.91. The van der Waals surface area contributed by atoms with Crippen LogP contribution in [0.5, 0.6) is 0 Å². The molecule has 2 atom stereocenters. The summed E-state index contributed by atoms with van der Waals surface area (Å²) in [6.45, 7) is 10.3. The Kier molecular flexibility index (Phi) is 7.74. The molecule has 8 nitrogen and oxygen atoms in total. The van der Waals surface area contributed by atoms with E-state index in [9.17, 15) is 14.9 Å². The van der Waals surface area contributed by atoms with Gasteiger partial charge in [-0.3, -0.25) is 14.4 Å². The second-order valence-electron chi connectivity index (χ2n) is 5.26. The van der Waals surface area contributed by atoms with E-state index >= 15 is 0 Å². The van der Waals surface area contributed by atoms with Gasteiger partial charge in [0.1, 0.15) is 0 Å². The highest BCUT2D eigenvalue weighted by molar-refractivity contribution is 5.76. The summed E-state index contributed by atoms with van der Waals surface area (Å²) in [5, 5.41) is 22.1. The highest BCUT2D eigenvalue weighted by Crippen LogP contribution is 2.24. The van der Waals surface area contributed by atoms with E-state index in [0.717, 1.165) is 0 Å². The molecule has 0 aromatic heterocycles. The molecule has 0 aliphatic rings. The Morgan fingerprint density at radius 2 is 1.64 bits per heavy atom. The van der Waals surface area contributed by atoms with Gasteiger partial charge in [0, 0.05) is 33.9 Å². The smallest absolute Gasteiger partial charge is 0.338 e. The van der Waals surface area contributed by atoms with Gasteiger partial charge in [-0.1, -0.05) is 0 Å². The number of nitrogens with one attached hydrogen (secondary N) is 2. The van der Waals surface area contributed by atoms with E-state index in [1.165, 1.54) is 14.1 Å². The zero-order valence-electron chi connectivity index (χ0n) is 13.4. The standard InChI is InChI=1S/C14H22N6O2/c1-13(10-15,8-6-11(21)16-3)19-20-14(2,18-5)9-7-12(22)17-4/h6-9H2,1-4H3,(H,16,21)(H,17,22). The van der Waals surface area contributed by atoms with Crippen molar-refractivity contribution in [3.05, 3.63) is 11.4 Å². The van der Waals surface area contributed by atoms with Crippen molar-refractivity contribution >= 4 is 11.8 Å². The molecule has 0 aromatic rings. The van der Waals surface area contributed by atoms with Gasteiger partial charge in [0.05, 0.1) is 12.5 Å². The fourth-order valence-corrected chi connectivity index (χ4v) is 1.43. The molecule has 0 rings (SSSR count). The van der Waals surface area contributed by atoms with Crippen LogP contribution >= 0.6 is 0 Å². The minimum absolute atomic E-state index is 0.145. The number of rotatable bonds is 8. The summed E-state index contributed by atoms with van der Waals surface area (Å²) in [7, 11) is 3.03. The minimum Gasteiger partial charge on any atom is -0.359 e. The van der Waals surface area contributed by atoms with Gasteiger partial charge in [-0.05, 0) is 13.3 Å². The number of carbonyl (C=O) groups is 2. The molecular formula is C14H22N6O2. The molecule has 0 spiro atoms. The largest absolute Gasteiger partial charge is 0.359 e. The molecule has 2 N–H and O–H groups in total. The van der Waals surface area contributed by atoms with Gasteiger partial charge in [-0.15, -0.1) is 5.11 Å². The van der Waals surface area contributed by atoms with Crippen LogP contribution in [0.1, 0.15) is 39.5 Å². The van der Waals surface area contributed by atoms with E-state index in [4.69, 9.17) is 6.57 Å². The molecule has 120 valence electrons. The van der Waals surface area contributed by atoms with Crippen LogP contribution in [0.2, 0.25) is 0 Å². The Morgan fingerprint density at radius 3 is 2.05 bits per heavy atom. The average Bonchev–Trinajstić information content (AvgIpc) is 2.55. The number of hydrogen-bond donors (Lipinski definition) is 2. The van der Waals surface area contributed by atoms with E-state index in [1.807, 2.05) is 6.07 Å². The summed E-state index contributed by atoms with van der Waals surface area (Å²) in [4.78, 5) is 25.9. The van der Waals surface area contributed by atoms with Crippen molar-refractivity contribution in [2.75, 3.05) is 14.1 Å².